The number of hydrogen-bond acceptors (Lipinski definition) is 2. The highest BCUT2D eigenvalue weighted by Crippen LogP contribution is 2.23. The maximum Gasteiger partial charge on any atom is 0.319 e. The van der Waals surface area contributed by atoms with E-state index in [1.807, 2.05) is 24.3 Å². The number of nitrogens with one attached hydrogen (secondary N) is 2. The van der Waals surface area contributed by atoms with Crippen LogP contribution >= 0.6 is 0 Å². The number of carboxylic acids is 1. The van der Waals surface area contributed by atoms with Gasteiger partial charge in [-0.25, -0.2) is 4.79 Å². The molecule has 3 N–H and O–H groups in total. The Labute approximate surface area is 119 Å². The highest BCUT2D eigenvalue weighted by molar-refractivity contribution is 5.90. The fraction of sp³-hybridized carbons (Fsp3) is 0.467. The normalized spacial score (nSPS) is 12.0. The second-order valence-electron chi connectivity index (χ2n) is 5.02. The van der Waals surface area contributed by atoms with Crippen molar-refractivity contribution in [3.8, 4) is 0 Å². The molecular weight excluding hydrogens is 256 g/mol. The Kier molecular flexibility index (Phi) is 6.03. The third-order valence-electron chi connectivity index (χ3n) is 3.18. The van der Waals surface area contributed by atoms with Crippen LogP contribution in [0.2, 0.25) is 0 Å². The van der Waals surface area contributed by atoms with E-state index in [0.717, 1.165) is 11.3 Å². The summed E-state index contributed by atoms with van der Waals surface area (Å²) in [7, 11) is 0. The van der Waals surface area contributed by atoms with Crippen molar-refractivity contribution in [2.24, 2.45) is 5.92 Å². The van der Waals surface area contributed by atoms with Crippen LogP contribution in [0.3, 0.4) is 0 Å². The monoisotopic (exact) mass is 278 g/mol. The number of amides is 2. The Balaban J connectivity index is 2.61. The van der Waals surface area contributed by atoms with Crippen molar-refractivity contribution >= 4 is 17.7 Å². The molecule has 5 nitrogen and oxygen atoms in total. The zero-order valence-electron chi connectivity index (χ0n) is 12.1. The summed E-state index contributed by atoms with van der Waals surface area (Å²) in [6, 6.07) is 7.21. The first-order valence-corrected chi connectivity index (χ1v) is 6.82. The van der Waals surface area contributed by atoms with Crippen LogP contribution in [0.5, 0.6) is 0 Å². The molecule has 5 heteroatoms. The number of benzene rings is 1. The number of anilines is 1. The van der Waals surface area contributed by atoms with Gasteiger partial charge in [0.05, 0.1) is 5.92 Å². The number of rotatable bonds is 6. The van der Waals surface area contributed by atoms with Gasteiger partial charge in [0.2, 0.25) is 0 Å². The standard InChI is InChI=1S/C15H22N2O3/c1-4-11(14(18)19)9-16-15(20)17-13-8-6-5-7-12(13)10(2)3/h5-8,10-11H,4,9H2,1-3H3,(H,18,19)(H2,16,17,20). The maximum absolute atomic E-state index is 11.8. The molecule has 1 rings (SSSR count). The van der Waals surface area contributed by atoms with E-state index in [1.165, 1.54) is 0 Å². The summed E-state index contributed by atoms with van der Waals surface area (Å²) in [6.45, 7) is 6.01. The zero-order chi connectivity index (χ0) is 15.1. The lowest BCUT2D eigenvalue weighted by Crippen LogP contribution is -2.35. The number of carbonyl (C=O) groups excluding carboxylic acids is 1. The largest absolute Gasteiger partial charge is 0.481 e. The number of aliphatic carboxylic acids is 1. The highest BCUT2D eigenvalue weighted by Gasteiger charge is 2.16. The van der Waals surface area contributed by atoms with Crippen LogP contribution in [0.25, 0.3) is 0 Å². The summed E-state index contributed by atoms with van der Waals surface area (Å²) in [5, 5.41) is 14.3. The molecule has 1 atom stereocenters. The van der Waals surface area contributed by atoms with Crippen molar-refractivity contribution in [1.29, 1.82) is 0 Å². The SMILES string of the molecule is CCC(CNC(=O)Nc1ccccc1C(C)C)C(=O)O. The van der Waals surface area contributed by atoms with Gasteiger partial charge >= 0.3 is 12.0 Å². The van der Waals surface area contributed by atoms with E-state index in [2.05, 4.69) is 24.5 Å². The lowest BCUT2D eigenvalue weighted by Gasteiger charge is -2.15. The first kappa shape index (κ1) is 16.0. The zero-order valence-corrected chi connectivity index (χ0v) is 12.1. The van der Waals surface area contributed by atoms with Crippen molar-refractivity contribution in [2.45, 2.75) is 33.1 Å². The van der Waals surface area contributed by atoms with E-state index in [-0.39, 0.29) is 12.6 Å². The fourth-order valence-electron chi connectivity index (χ4n) is 1.90. The average molecular weight is 278 g/mol. The molecule has 0 saturated carbocycles. The van der Waals surface area contributed by atoms with Crippen LogP contribution in [0.4, 0.5) is 10.5 Å². The highest BCUT2D eigenvalue weighted by atomic mass is 16.4. The topological polar surface area (TPSA) is 78.4 Å². The smallest absolute Gasteiger partial charge is 0.319 e. The molecule has 0 spiro atoms. The van der Waals surface area contributed by atoms with Gasteiger partial charge in [-0.1, -0.05) is 39.0 Å². The summed E-state index contributed by atoms with van der Waals surface area (Å²) in [4.78, 5) is 22.7. The molecule has 0 radical (unpaired) electrons. The Bertz CT molecular complexity index is 472. The van der Waals surface area contributed by atoms with Crippen LogP contribution in [-0.2, 0) is 4.79 Å². The number of urea groups is 1. The molecule has 0 aromatic heterocycles. The summed E-state index contributed by atoms with van der Waals surface area (Å²) < 4.78 is 0. The lowest BCUT2D eigenvalue weighted by molar-refractivity contribution is -0.141. The van der Waals surface area contributed by atoms with E-state index in [1.54, 1.807) is 6.92 Å². The average Bonchev–Trinajstić information content (AvgIpc) is 2.39. The first-order chi connectivity index (χ1) is 9.45. The molecule has 0 aliphatic heterocycles. The molecule has 110 valence electrons. The summed E-state index contributed by atoms with van der Waals surface area (Å²) in [6.07, 6.45) is 0.484. The first-order valence-electron chi connectivity index (χ1n) is 6.82. The van der Waals surface area contributed by atoms with Crippen LogP contribution in [0, 0.1) is 5.92 Å². The van der Waals surface area contributed by atoms with E-state index in [0.29, 0.717) is 12.3 Å². The molecule has 1 aromatic carbocycles. The van der Waals surface area contributed by atoms with Gasteiger partial charge in [0.25, 0.3) is 0 Å². The van der Waals surface area contributed by atoms with Gasteiger partial charge in [-0.2, -0.15) is 0 Å². The quantitative estimate of drug-likeness (QED) is 0.748. The lowest BCUT2D eigenvalue weighted by atomic mass is 10.0. The fourth-order valence-corrected chi connectivity index (χ4v) is 1.90. The summed E-state index contributed by atoms with van der Waals surface area (Å²) >= 11 is 0. The molecule has 20 heavy (non-hydrogen) atoms. The van der Waals surface area contributed by atoms with Crippen molar-refractivity contribution in [3.63, 3.8) is 0 Å². The number of hydrogen-bond donors (Lipinski definition) is 3. The van der Waals surface area contributed by atoms with Gasteiger partial charge in [-0.05, 0) is 24.0 Å². The predicted octanol–water partition coefficient (Wildman–Crippen LogP) is 3.04. The second kappa shape index (κ2) is 7.53. The third-order valence-corrected chi connectivity index (χ3v) is 3.18. The Morgan fingerprint density at radius 2 is 1.90 bits per heavy atom. The molecule has 0 saturated heterocycles. The van der Waals surface area contributed by atoms with E-state index in [4.69, 9.17) is 5.11 Å². The third kappa shape index (κ3) is 4.57. The maximum atomic E-state index is 11.8. The molecule has 0 aliphatic carbocycles. The minimum Gasteiger partial charge on any atom is -0.481 e. The van der Waals surface area contributed by atoms with Crippen LogP contribution in [0.15, 0.2) is 24.3 Å². The van der Waals surface area contributed by atoms with Crippen molar-refractivity contribution in [2.75, 3.05) is 11.9 Å². The molecule has 2 amide bonds. The van der Waals surface area contributed by atoms with Gasteiger partial charge in [-0.15, -0.1) is 0 Å². The van der Waals surface area contributed by atoms with Gasteiger partial charge in [-0.3, -0.25) is 4.79 Å². The minimum atomic E-state index is -0.893. The second-order valence-corrected chi connectivity index (χ2v) is 5.02. The van der Waals surface area contributed by atoms with E-state index < -0.39 is 11.9 Å². The van der Waals surface area contributed by atoms with Crippen molar-refractivity contribution in [3.05, 3.63) is 29.8 Å². The van der Waals surface area contributed by atoms with Crippen molar-refractivity contribution in [1.82, 2.24) is 5.32 Å². The van der Waals surface area contributed by atoms with Crippen LogP contribution in [0.1, 0.15) is 38.7 Å². The van der Waals surface area contributed by atoms with Gasteiger partial charge < -0.3 is 15.7 Å². The van der Waals surface area contributed by atoms with Gasteiger partial charge in [0.15, 0.2) is 0 Å². The molecule has 0 heterocycles. The predicted molar refractivity (Wildman–Crippen MR) is 79.0 cm³/mol. The van der Waals surface area contributed by atoms with E-state index >= 15 is 0 Å². The minimum absolute atomic E-state index is 0.127. The van der Waals surface area contributed by atoms with Crippen LogP contribution < -0.4 is 10.6 Å². The number of carboxylic acid groups (broad SMARTS) is 1. The Morgan fingerprint density at radius 1 is 1.25 bits per heavy atom. The van der Waals surface area contributed by atoms with Crippen molar-refractivity contribution < 1.29 is 14.7 Å². The summed E-state index contributed by atoms with van der Waals surface area (Å²) in [5.74, 6) is -1.15. The van der Waals surface area contributed by atoms with Gasteiger partial charge in [0, 0.05) is 12.2 Å². The number of carbonyl (C=O) groups is 2. The molecule has 0 aliphatic rings. The summed E-state index contributed by atoms with van der Waals surface area (Å²) in [5.41, 5.74) is 1.80. The van der Waals surface area contributed by atoms with Gasteiger partial charge in [0.1, 0.15) is 0 Å². The number of para-hydroxylation sites is 1. The molecule has 1 aromatic rings. The molecule has 0 bridgehead atoms. The van der Waals surface area contributed by atoms with Crippen LogP contribution in [-0.4, -0.2) is 23.7 Å². The molecular formula is C15H22N2O3. The Hall–Kier alpha value is -2.04. The Morgan fingerprint density at radius 3 is 2.45 bits per heavy atom. The molecule has 1 unspecified atom stereocenters. The van der Waals surface area contributed by atoms with E-state index in [9.17, 15) is 9.59 Å². The molecule has 0 fully saturated rings.